The number of halogens is 3. The van der Waals surface area contributed by atoms with E-state index < -0.39 is 34.7 Å². The minimum Gasteiger partial charge on any atom is -0.491 e. The lowest BCUT2D eigenvalue weighted by atomic mass is 10.1. The molecule has 1 aromatic heterocycles. The number of nitrogens with one attached hydrogen (secondary N) is 1. The summed E-state index contributed by atoms with van der Waals surface area (Å²) in [5.74, 6) is -5.98. The number of hydrogen-bond donors (Lipinski definition) is 1. The number of aromatic nitrogens is 1. The Morgan fingerprint density at radius 2 is 1.85 bits per heavy atom. The highest BCUT2D eigenvalue weighted by Crippen LogP contribution is 2.28. The summed E-state index contributed by atoms with van der Waals surface area (Å²) in [5, 5.41) is 5.28. The second-order valence-corrected chi connectivity index (χ2v) is 6.41. The third-order valence-electron chi connectivity index (χ3n) is 3.62. The largest absolute Gasteiger partial charge is 0.491 e. The average Bonchev–Trinajstić information content (AvgIpc) is 3.05. The van der Waals surface area contributed by atoms with E-state index in [1.165, 1.54) is 11.3 Å². The van der Waals surface area contributed by atoms with Crippen molar-refractivity contribution in [2.45, 2.75) is 6.92 Å². The van der Waals surface area contributed by atoms with Crippen LogP contribution in [0.4, 0.5) is 18.9 Å². The number of nitrogens with zero attached hydrogens (tertiary/aromatic N) is 1. The van der Waals surface area contributed by atoms with Gasteiger partial charge in [0.15, 0.2) is 17.4 Å². The second-order valence-electron chi connectivity index (χ2n) is 5.35. The van der Waals surface area contributed by atoms with Gasteiger partial charge in [-0.1, -0.05) is 12.1 Å². The third-order valence-corrected chi connectivity index (χ3v) is 4.40. The van der Waals surface area contributed by atoms with Crippen LogP contribution >= 0.6 is 11.3 Å². The third kappa shape index (κ3) is 3.41. The summed E-state index contributed by atoms with van der Waals surface area (Å²) >= 11 is 1.52. The molecule has 0 aliphatic carbocycles. The van der Waals surface area contributed by atoms with Gasteiger partial charge >= 0.3 is 0 Å². The van der Waals surface area contributed by atoms with Gasteiger partial charge in [-0.2, -0.15) is 4.39 Å². The number of amides is 1. The number of anilines is 1. The van der Waals surface area contributed by atoms with Crippen molar-refractivity contribution in [1.29, 1.82) is 0 Å². The fourth-order valence-corrected chi connectivity index (χ4v) is 2.97. The predicted octanol–water partition coefficient (Wildman–Crippen LogP) is 4.80. The highest BCUT2D eigenvalue weighted by Gasteiger charge is 2.23. The zero-order valence-electron chi connectivity index (χ0n) is 13.8. The molecular weight excluding hydrogens is 365 g/mol. The van der Waals surface area contributed by atoms with Crippen LogP contribution in [0.2, 0.25) is 0 Å². The van der Waals surface area contributed by atoms with Crippen LogP contribution in [-0.4, -0.2) is 18.0 Å². The molecule has 1 N–H and O–H groups in total. The number of carbonyl (C=O) groups excluding carboxylic acids is 1. The highest BCUT2D eigenvalue weighted by molar-refractivity contribution is 7.09. The van der Waals surface area contributed by atoms with E-state index in [2.05, 4.69) is 15.0 Å². The maximum Gasteiger partial charge on any atom is 0.258 e. The standard InChI is InChI=1S/C18H13F3N2O2S/c1-9-22-14(8-26-9)10-3-5-11(6-4-10)23-18(24)12-7-13(19)16(21)17(25-2)15(12)20/h3-8H,1-2H3,(H,23,24). The molecule has 3 aromatic rings. The molecule has 0 unspecified atom stereocenters. The molecule has 134 valence electrons. The summed E-state index contributed by atoms with van der Waals surface area (Å²) in [6.07, 6.45) is 0. The minimum absolute atomic E-state index is 0.369. The van der Waals surface area contributed by atoms with Gasteiger partial charge in [0.25, 0.3) is 5.91 Å². The number of carbonyl (C=O) groups is 1. The maximum absolute atomic E-state index is 14.2. The Labute approximate surface area is 151 Å². The monoisotopic (exact) mass is 378 g/mol. The molecule has 0 bridgehead atoms. The summed E-state index contributed by atoms with van der Waals surface area (Å²) in [5.41, 5.74) is 1.38. The molecular formula is C18H13F3N2O2S. The van der Waals surface area contributed by atoms with E-state index in [0.717, 1.165) is 23.4 Å². The molecule has 3 rings (SSSR count). The zero-order valence-corrected chi connectivity index (χ0v) is 14.6. The van der Waals surface area contributed by atoms with Crippen molar-refractivity contribution in [3.63, 3.8) is 0 Å². The Hall–Kier alpha value is -2.87. The Morgan fingerprint density at radius 3 is 2.42 bits per heavy atom. The number of aryl methyl sites for hydroxylation is 1. The first kappa shape index (κ1) is 17.9. The van der Waals surface area contributed by atoms with Gasteiger partial charge in [0.05, 0.1) is 23.4 Å². The minimum atomic E-state index is -1.48. The second kappa shape index (κ2) is 7.17. The van der Waals surface area contributed by atoms with Crippen LogP contribution in [0.3, 0.4) is 0 Å². The maximum atomic E-state index is 14.2. The van der Waals surface area contributed by atoms with E-state index in [-0.39, 0.29) is 0 Å². The molecule has 4 nitrogen and oxygen atoms in total. The van der Waals surface area contributed by atoms with E-state index in [1.54, 1.807) is 24.3 Å². The zero-order chi connectivity index (χ0) is 18.8. The lowest BCUT2D eigenvalue weighted by Gasteiger charge is -2.10. The van der Waals surface area contributed by atoms with E-state index in [0.29, 0.717) is 11.8 Å². The van der Waals surface area contributed by atoms with Gasteiger partial charge < -0.3 is 10.1 Å². The number of thiazole rings is 1. The summed E-state index contributed by atoms with van der Waals surface area (Å²) in [6, 6.07) is 7.20. The molecule has 2 aromatic carbocycles. The normalized spacial score (nSPS) is 10.7. The van der Waals surface area contributed by atoms with Crippen LogP contribution < -0.4 is 10.1 Å². The molecule has 0 aliphatic heterocycles. The molecule has 0 aliphatic rings. The van der Waals surface area contributed by atoms with E-state index in [1.807, 2.05) is 12.3 Å². The predicted molar refractivity (Wildman–Crippen MR) is 93.1 cm³/mol. The van der Waals surface area contributed by atoms with Crippen LogP contribution in [0.25, 0.3) is 11.3 Å². The topological polar surface area (TPSA) is 51.2 Å². The van der Waals surface area contributed by atoms with Crippen molar-refractivity contribution < 1.29 is 22.7 Å². The van der Waals surface area contributed by atoms with Crippen LogP contribution in [0, 0.1) is 24.4 Å². The Morgan fingerprint density at radius 1 is 1.15 bits per heavy atom. The first-order valence-corrected chi connectivity index (χ1v) is 8.34. The number of methoxy groups -OCH3 is 1. The molecule has 0 radical (unpaired) electrons. The SMILES string of the molecule is COc1c(F)c(F)cc(C(=O)Nc2ccc(-c3csc(C)n3)cc2)c1F. The lowest BCUT2D eigenvalue weighted by Crippen LogP contribution is -2.15. The van der Waals surface area contributed by atoms with Gasteiger partial charge in [0.2, 0.25) is 5.82 Å². The van der Waals surface area contributed by atoms with Crippen molar-refractivity contribution in [3.05, 3.63) is 63.7 Å². The Balaban J connectivity index is 1.83. The Kier molecular flexibility index (Phi) is 4.94. The Bertz CT molecular complexity index is 971. The van der Waals surface area contributed by atoms with Crippen molar-refractivity contribution in [1.82, 2.24) is 4.98 Å². The average molecular weight is 378 g/mol. The van der Waals surface area contributed by atoms with Crippen molar-refractivity contribution in [3.8, 4) is 17.0 Å². The smallest absolute Gasteiger partial charge is 0.258 e. The molecule has 1 amide bonds. The van der Waals surface area contributed by atoms with Crippen molar-refractivity contribution >= 4 is 22.9 Å². The van der Waals surface area contributed by atoms with Gasteiger partial charge in [-0.3, -0.25) is 4.79 Å². The number of ether oxygens (including phenoxy) is 1. The molecule has 26 heavy (non-hydrogen) atoms. The van der Waals surface area contributed by atoms with Gasteiger partial charge in [-0.15, -0.1) is 11.3 Å². The first-order valence-electron chi connectivity index (χ1n) is 7.46. The van der Waals surface area contributed by atoms with Crippen molar-refractivity contribution in [2.24, 2.45) is 0 Å². The number of benzene rings is 2. The van der Waals surface area contributed by atoms with Crippen LogP contribution in [0.5, 0.6) is 5.75 Å². The molecule has 8 heteroatoms. The number of rotatable bonds is 4. The molecule has 0 atom stereocenters. The highest BCUT2D eigenvalue weighted by atomic mass is 32.1. The van der Waals surface area contributed by atoms with E-state index >= 15 is 0 Å². The quantitative estimate of drug-likeness (QED) is 0.664. The summed E-state index contributed by atoms with van der Waals surface area (Å²) in [4.78, 5) is 16.6. The lowest BCUT2D eigenvalue weighted by molar-refractivity contribution is 0.102. The van der Waals surface area contributed by atoms with Gasteiger partial charge in [0.1, 0.15) is 0 Å². The summed E-state index contributed by atoms with van der Waals surface area (Å²) in [6.45, 7) is 1.90. The van der Waals surface area contributed by atoms with Gasteiger partial charge in [-0.25, -0.2) is 13.8 Å². The van der Waals surface area contributed by atoms with Crippen LogP contribution in [0.15, 0.2) is 35.7 Å². The van der Waals surface area contributed by atoms with Gasteiger partial charge in [0, 0.05) is 16.6 Å². The molecule has 1 heterocycles. The van der Waals surface area contributed by atoms with E-state index in [4.69, 9.17) is 0 Å². The molecule has 0 spiro atoms. The van der Waals surface area contributed by atoms with Gasteiger partial charge in [-0.05, 0) is 25.1 Å². The van der Waals surface area contributed by atoms with E-state index in [9.17, 15) is 18.0 Å². The molecule has 0 fully saturated rings. The van der Waals surface area contributed by atoms with Crippen LogP contribution in [-0.2, 0) is 0 Å². The van der Waals surface area contributed by atoms with Crippen molar-refractivity contribution in [2.75, 3.05) is 12.4 Å². The van der Waals surface area contributed by atoms with Crippen LogP contribution in [0.1, 0.15) is 15.4 Å². The fraction of sp³-hybridized carbons (Fsp3) is 0.111. The fourth-order valence-electron chi connectivity index (χ4n) is 2.34. The summed E-state index contributed by atoms with van der Waals surface area (Å²) in [7, 11) is 0.988. The molecule has 0 saturated heterocycles. The first-order chi connectivity index (χ1) is 12.4. The summed E-state index contributed by atoms with van der Waals surface area (Å²) < 4.78 is 45.6. The molecule has 0 saturated carbocycles. The number of hydrogen-bond acceptors (Lipinski definition) is 4.